The molecule has 1 aliphatic carbocycles. The number of carbonyl (C=O) groups excluding carboxylic acids is 1. The maximum absolute atomic E-state index is 12.2. The number of nitrogens with zero attached hydrogens (tertiary/aromatic N) is 2. The van der Waals surface area contributed by atoms with Crippen molar-refractivity contribution in [2.75, 3.05) is 7.05 Å². The molecule has 1 saturated carbocycles. The number of aromatic amines is 1. The summed E-state index contributed by atoms with van der Waals surface area (Å²) < 4.78 is 0. The van der Waals surface area contributed by atoms with Crippen LogP contribution in [0.15, 0.2) is 24.3 Å². The fraction of sp³-hybridized carbons (Fsp3) is 0.500. The van der Waals surface area contributed by atoms with Gasteiger partial charge in [-0.15, -0.1) is 0 Å². The predicted octanol–water partition coefficient (Wildman–Crippen LogP) is 2.90. The van der Waals surface area contributed by atoms with Crippen LogP contribution in [0.1, 0.15) is 37.9 Å². The molecule has 1 aromatic heterocycles. The van der Waals surface area contributed by atoms with E-state index >= 15 is 0 Å². The standard InChI is InChI=1S/C16H21N3O/c1-19(12-6-2-3-7-12)16(20)11-10-15-17-13-8-4-5-9-14(13)18-15/h4-5,8-9,12H,2-3,6-7,10-11H2,1H3,(H,17,18). The number of H-pyrrole nitrogens is 1. The zero-order valence-corrected chi connectivity index (χ0v) is 11.9. The molecule has 1 amide bonds. The number of aryl methyl sites for hydroxylation is 1. The second kappa shape index (κ2) is 5.65. The number of rotatable bonds is 4. The molecule has 1 heterocycles. The number of carbonyl (C=O) groups is 1. The molecular formula is C16H21N3O. The largest absolute Gasteiger partial charge is 0.343 e. The molecule has 4 nitrogen and oxygen atoms in total. The zero-order chi connectivity index (χ0) is 13.9. The van der Waals surface area contributed by atoms with E-state index in [1.807, 2.05) is 36.2 Å². The summed E-state index contributed by atoms with van der Waals surface area (Å²) in [5.41, 5.74) is 2.01. The van der Waals surface area contributed by atoms with Gasteiger partial charge in [-0.25, -0.2) is 4.98 Å². The molecule has 0 spiro atoms. The molecule has 1 aliphatic rings. The SMILES string of the molecule is CN(C(=O)CCc1nc2ccccc2[nH]1)C1CCCC1. The number of hydrogen-bond donors (Lipinski definition) is 1. The van der Waals surface area contributed by atoms with E-state index in [1.165, 1.54) is 12.8 Å². The molecule has 20 heavy (non-hydrogen) atoms. The quantitative estimate of drug-likeness (QED) is 0.929. The van der Waals surface area contributed by atoms with Gasteiger partial charge in [-0.2, -0.15) is 0 Å². The molecule has 0 radical (unpaired) electrons. The van der Waals surface area contributed by atoms with Crippen molar-refractivity contribution in [1.82, 2.24) is 14.9 Å². The molecule has 106 valence electrons. The molecule has 0 aliphatic heterocycles. The third-order valence-corrected chi connectivity index (χ3v) is 4.28. The lowest BCUT2D eigenvalue weighted by Crippen LogP contribution is -2.35. The second-order valence-electron chi connectivity index (χ2n) is 5.64. The zero-order valence-electron chi connectivity index (χ0n) is 11.9. The average Bonchev–Trinajstić information content (AvgIpc) is 3.12. The number of fused-ring (bicyclic) bond motifs is 1. The summed E-state index contributed by atoms with van der Waals surface area (Å²) in [7, 11) is 1.94. The Labute approximate surface area is 119 Å². The molecule has 0 atom stereocenters. The molecule has 1 fully saturated rings. The van der Waals surface area contributed by atoms with Crippen LogP contribution in [0.3, 0.4) is 0 Å². The lowest BCUT2D eigenvalue weighted by Gasteiger charge is -2.24. The van der Waals surface area contributed by atoms with Gasteiger partial charge in [0.1, 0.15) is 5.82 Å². The van der Waals surface area contributed by atoms with Crippen LogP contribution in [0.5, 0.6) is 0 Å². The van der Waals surface area contributed by atoms with Crippen LogP contribution in [0.4, 0.5) is 0 Å². The summed E-state index contributed by atoms with van der Waals surface area (Å²) in [5.74, 6) is 1.14. The summed E-state index contributed by atoms with van der Waals surface area (Å²) >= 11 is 0. The molecule has 0 saturated heterocycles. The maximum Gasteiger partial charge on any atom is 0.223 e. The lowest BCUT2D eigenvalue weighted by atomic mass is 10.2. The fourth-order valence-electron chi connectivity index (χ4n) is 3.02. The summed E-state index contributed by atoms with van der Waals surface area (Å²) in [4.78, 5) is 21.9. The van der Waals surface area contributed by atoms with E-state index in [4.69, 9.17) is 0 Å². The third-order valence-electron chi connectivity index (χ3n) is 4.28. The van der Waals surface area contributed by atoms with Crippen molar-refractivity contribution in [3.63, 3.8) is 0 Å². The van der Waals surface area contributed by atoms with Gasteiger partial charge < -0.3 is 9.88 Å². The Hall–Kier alpha value is -1.84. The highest BCUT2D eigenvalue weighted by molar-refractivity contribution is 5.77. The van der Waals surface area contributed by atoms with Gasteiger partial charge in [0, 0.05) is 25.9 Å². The highest BCUT2D eigenvalue weighted by Crippen LogP contribution is 2.23. The Morgan fingerprint density at radius 3 is 2.85 bits per heavy atom. The highest BCUT2D eigenvalue weighted by Gasteiger charge is 2.23. The maximum atomic E-state index is 12.2. The summed E-state index contributed by atoms with van der Waals surface area (Å²) in [5, 5.41) is 0. The van der Waals surface area contributed by atoms with Gasteiger partial charge >= 0.3 is 0 Å². The molecule has 1 aromatic carbocycles. The van der Waals surface area contributed by atoms with Gasteiger partial charge in [-0.3, -0.25) is 4.79 Å². The van der Waals surface area contributed by atoms with Gasteiger partial charge in [0.2, 0.25) is 5.91 Å². The minimum atomic E-state index is 0.234. The molecule has 0 bridgehead atoms. The van der Waals surface area contributed by atoms with E-state index in [0.717, 1.165) is 29.7 Å². The van der Waals surface area contributed by atoms with Gasteiger partial charge in [-0.1, -0.05) is 25.0 Å². The molecule has 3 rings (SSSR count). The third kappa shape index (κ3) is 2.69. The Morgan fingerprint density at radius 1 is 1.35 bits per heavy atom. The van der Waals surface area contributed by atoms with Crippen LogP contribution >= 0.6 is 0 Å². The van der Waals surface area contributed by atoms with Crippen LogP contribution in [0, 0.1) is 0 Å². The van der Waals surface area contributed by atoms with Crippen LogP contribution in [0.2, 0.25) is 0 Å². The minimum absolute atomic E-state index is 0.234. The second-order valence-corrected chi connectivity index (χ2v) is 5.64. The van der Waals surface area contributed by atoms with E-state index in [9.17, 15) is 4.79 Å². The van der Waals surface area contributed by atoms with E-state index in [-0.39, 0.29) is 5.91 Å². The predicted molar refractivity (Wildman–Crippen MR) is 79.4 cm³/mol. The topological polar surface area (TPSA) is 49.0 Å². The van der Waals surface area contributed by atoms with Crippen LogP contribution in [0.25, 0.3) is 11.0 Å². The van der Waals surface area contributed by atoms with E-state index in [1.54, 1.807) is 0 Å². The summed E-state index contributed by atoms with van der Waals surface area (Å²) in [6, 6.07) is 8.42. The summed E-state index contributed by atoms with van der Waals surface area (Å²) in [6.45, 7) is 0. The smallest absolute Gasteiger partial charge is 0.223 e. The number of nitrogens with one attached hydrogen (secondary N) is 1. The van der Waals surface area contributed by atoms with Crippen molar-refractivity contribution in [3.8, 4) is 0 Å². The number of benzene rings is 1. The van der Waals surface area contributed by atoms with Gasteiger partial charge in [0.25, 0.3) is 0 Å². The lowest BCUT2D eigenvalue weighted by molar-refractivity contribution is -0.131. The van der Waals surface area contributed by atoms with E-state index in [2.05, 4.69) is 9.97 Å². The van der Waals surface area contributed by atoms with Crippen molar-refractivity contribution >= 4 is 16.9 Å². The first-order valence-electron chi connectivity index (χ1n) is 7.43. The molecule has 4 heteroatoms. The Bertz CT molecular complexity index is 566. The molecule has 1 N–H and O–H groups in total. The number of para-hydroxylation sites is 2. The molecular weight excluding hydrogens is 250 g/mol. The van der Waals surface area contributed by atoms with Crippen molar-refractivity contribution in [2.24, 2.45) is 0 Å². The monoisotopic (exact) mass is 271 g/mol. The number of imidazole rings is 1. The van der Waals surface area contributed by atoms with Crippen LogP contribution < -0.4 is 0 Å². The molecule has 2 aromatic rings. The van der Waals surface area contributed by atoms with Gasteiger partial charge in [-0.05, 0) is 25.0 Å². The van der Waals surface area contributed by atoms with E-state index in [0.29, 0.717) is 18.9 Å². The summed E-state index contributed by atoms with van der Waals surface area (Å²) in [6.07, 6.45) is 6.05. The van der Waals surface area contributed by atoms with Gasteiger partial charge in [0.15, 0.2) is 0 Å². The first-order valence-corrected chi connectivity index (χ1v) is 7.43. The first-order chi connectivity index (χ1) is 9.74. The van der Waals surface area contributed by atoms with Crippen molar-refractivity contribution in [1.29, 1.82) is 0 Å². The fourth-order valence-corrected chi connectivity index (χ4v) is 3.02. The van der Waals surface area contributed by atoms with Crippen molar-refractivity contribution < 1.29 is 4.79 Å². The number of amides is 1. The minimum Gasteiger partial charge on any atom is -0.343 e. The highest BCUT2D eigenvalue weighted by atomic mass is 16.2. The average molecular weight is 271 g/mol. The Balaban J connectivity index is 1.59. The Kier molecular flexibility index (Phi) is 3.72. The van der Waals surface area contributed by atoms with Gasteiger partial charge in [0.05, 0.1) is 11.0 Å². The molecule has 0 unspecified atom stereocenters. The van der Waals surface area contributed by atoms with E-state index < -0.39 is 0 Å². The number of hydrogen-bond acceptors (Lipinski definition) is 2. The first kappa shape index (κ1) is 13.2. The number of aromatic nitrogens is 2. The van der Waals surface area contributed by atoms with Crippen LogP contribution in [-0.4, -0.2) is 33.9 Å². The van der Waals surface area contributed by atoms with Crippen LogP contribution in [-0.2, 0) is 11.2 Å². The normalized spacial score (nSPS) is 15.8. The van der Waals surface area contributed by atoms with Crippen molar-refractivity contribution in [2.45, 2.75) is 44.6 Å². The van der Waals surface area contributed by atoms with Crippen molar-refractivity contribution in [3.05, 3.63) is 30.1 Å². The Morgan fingerprint density at radius 2 is 2.10 bits per heavy atom.